The van der Waals surface area contributed by atoms with E-state index in [1.807, 2.05) is 18.4 Å². The Morgan fingerprint density at radius 2 is 2.08 bits per heavy atom. The Morgan fingerprint density at radius 1 is 1.40 bits per heavy atom. The summed E-state index contributed by atoms with van der Waals surface area (Å²) in [7, 11) is 1.47. The normalized spacial score (nSPS) is 19.2. The van der Waals surface area contributed by atoms with Gasteiger partial charge in [0.1, 0.15) is 11.6 Å². The summed E-state index contributed by atoms with van der Waals surface area (Å²) in [6.07, 6.45) is -5.57. The van der Waals surface area contributed by atoms with E-state index in [9.17, 15) is 13.2 Å². The zero-order valence-corrected chi connectivity index (χ0v) is 16.7. The number of hydrogen-bond acceptors (Lipinski definition) is 4. The number of aliphatic imine (C=N–C) groups is 1. The van der Waals surface area contributed by atoms with Crippen LogP contribution in [0.3, 0.4) is 0 Å². The van der Waals surface area contributed by atoms with E-state index in [1.165, 1.54) is 7.05 Å². The number of alkyl halides is 3. The predicted octanol–water partition coefficient (Wildman–Crippen LogP) is 1.42. The number of halogens is 4. The van der Waals surface area contributed by atoms with Gasteiger partial charge < -0.3 is 20.3 Å². The smallest absolute Gasteiger partial charge is 0.382 e. The van der Waals surface area contributed by atoms with Gasteiger partial charge in [-0.25, -0.2) is 0 Å². The summed E-state index contributed by atoms with van der Waals surface area (Å²) >= 11 is 0. The van der Waals surface area contributed by atoms with Gasteiger partial charge in [-0.15, -0.1) is 34.2 Å². The van der Waals surface area contributed by atoms with Crippen LogP contribution in [-0.2, 0) is 13.0 Å². The van der Waals surface area contributed by atoms with Gasteiger partial charge in [0.2, 0.25) is 0 Å². The number of hydrogen-bond donors (Lipinski definition) is 3. The maximum Gasteiger partial charge on any atom is 0.416 e. The number of guanidine groups is 1. The highest BCUT2D eigenvalue weighted by Crippen LogP contribution is 2.20. The van der Waals surface area contributed by atoms with E-state index in [0.29, 0.717) is 6.54 Å². The monoisotopic (exact) mass is 476 g/mol. The second kappa shape index (κ2) is 9.01. The molecule has 0 amide bonds. The minimum absolute atomic E-state index is 0. The summed E-state index contributed by atoms with van der Waals surface area (Å²) in [6, 6.07) is 0.000213. The van der Waals surface area contributed by atoms with Gasteiger partial charge in [0.15, 0.2) is 12.1 Å². The average Bonchev–Trinajstić information content (AvgIpc) is 2.93. The highest BCUT2D eigenvalue weighted by atomic mass is 127. The second-order valence-electron chi connectivity index (χ2n) is 6.13. The molecule has 25 heavy (non-hydrogen) atoms. The van der Waals surface area contributed by atoms with Crippen LogP contribution in [0.5, 0.6) is 0 Å². The van der Waals surface area contributed by atoms with E-state index in [1.54, 1.807) is 0 Å². The lowest BCUT2D eigenvalue weighted by atomic mass is 10.1. The van der Waals surface area contributed by atoms with E-state index in [2.05, 4.69) is 25.8 Å². The van der Waals surface area contributed by atoms with Gasteiger partial charge in [-0.05, 0) is 6.42 Å². The van der Waals surface area contributed by atoms with Gasteiger partial charge in [-0.2, -0.15) is 13.2 Å². The zero-order valence-electron chi connectivity index (χ0n) is 14.3. The fourth-order valence-corrected chi connectivity index (χ4v) is 2.59. The van der Waals surface area contributed by atoms with E-state index >= 15 is 0 Å². The molecule has 0 spiro atoms. The van der Waals surface area contributed by atoms with Crippen molar-refractivity contribution in [1.82, 2.24) is 25.4 Å². The molecule has 3 N–H and O–H groups in total. The quantitative estimate of drug-likeness (QED) is 0.348. The number of nitrogens with one attached hydrogen (secondary N) is 2. The molecule has 1 aromatic heterocycles. The molecule has 2 rings (SSSR count). The number of nitrogens with zero attached hydrogens (tertiary/aromatic N) is 4. The summed E-state index contributed by atoms with van der Waals surface area (Å²) in [5.74, 6) is 2.29. The first kappa shape index (κ1) is 21.9. The summed E-state index contributed by atoms with van der Waals surface area (Å²) in [5, 5.41) is 23.0. The van der Waals surface area contributed by atoms with Gasteiger partial charge in [0.25, 0.3) is 0 Å². The van der Waals surface area contributed by atoms with Crippen molar-refractivity contribution in [2.45, 2.75) is 57.5 Å². The van der Waals surface area contributed by atoms with Crippen molar-refractivity contribution in [1.29, 1.82) is 0 Å². The number of aliphatic hydroxyl groups is 1. The summed E-state index contributed by atoms with van der Waals surface area (Å²) < 4.78 is 39.1. The molecule has 1 aliphatic rings. The van der Waals surface area contributed by atoms with Gasteiger partial charge in [0, 0.05) is 32.0 Å². The molecule has 1 aromatic rings. The molecule has 144 valence electrons. The largest absolute Gasteiger partial charge is 0.416 e. The third kappa shape index (κ3) is 5.69. The van der Waals surface area contributed by atoms with Crippen molar-refractivity contribution < 1.29 is 18.3 Å². The predicted molar refractivity (Wildman–Crippen MR) is 98.2 cm³/mol. The average molecular weight is 476 g/mol. The van der Waals surface area contributed by atoms with Crippen LogP contribution in [0.25, 0.3) is 0 Å². The third-order valence-electron chi connectivity index (χ3n) is 3.90. The van der Waals surface area contributed by atoms with Crippen molar-refractivity contribution in [3.8, 4) is 0 Å². The van der Waals surface area contributed by atoms with Gasteiger partial charge in [-0.3, -0.25) is 4.99 Å². The fraction of sp³-hybridized carbons (Fsp3) is 0.786. The molecule has 2 heterocycles. The number of fused-ring (bicyclic) bond motifs is 1. The summed E-state index contributed by atoms with van der Waals surface area (Å²) in [6.45, 7) is 4.05. The molecule has 0 fully saturated rings. The van der Waals surface area contributed by atoms with E-state index < -0.39 is 18.8 Å². The lowest BCUT2D eigenvalue weighted by molar-refractivity contribution is -0.201. The topological polar surface area (TPSA) is 87.4 Å². The molecule has 2 atom stereocenters. The first-order chi connectivity index (χ1) is 11.2. The standard InChI is InChI=1S/C14H23F3N6O.HI/c1-8(2)12-22-21-11-5-4-9(7-23(11)12)20-13(18-3)19-6-10(24)14(15,16)17;/h8-10,24H,4-7H2,1-3H3,(H2,18,19,20);1H. The first-order valence-corrected chi connectivity index (χ1v) is 7.86. The summed E-state index contributed by atoms with van der Waals surface area (Å²) in [4.78, 5) is 3.91. The number of aliphatic hydroxyl groups excluding tert-OH is 1. The minimum atomic E-state index is -4.65. The molecule has 0 radical (unpaired) electrons. The van der Waals surface area contributed by atoms with E-state index in [0.717, 1.165) is 24.5 Å². The number of aromatic nitrogens is 3. The van der Waals surface area contributed by atoms with E-state index in [-0.39, 0.29) is 41.9 Å². The lowest BCUT2D eigenvalue weighted by Gasteiger charge is -2.27. The highest BCUT2D eigenvalue weighted by Gasteiger charge is 2.38. The van der Waals surface area contributed by atoms with Crippen LogP contribution in [0.15, 0.2) is 4.99 Å². The van der Waals surface area contributed by atoms with Gasteiger partial charge in [-0.1, -0.05) is 13.8 Å². The van der Waals surface area contributed by atoms with Crippen molar-refractivity contribution in [2.75, 3.05) is 13.6 Å². The third-order valence-corrected chi connectivity index (χ3v) is 3.90. The Bertz CT molecular complexity index is 590. The SMILES string of the molecule is CN=C(NCC(O)C(F)(F)F)NC1CCc2nnc(C(C)C)n2C1.I. The maximum atomic E-state index is 12.3. The van der Waals surface area contributed by atoms with Crippen molar-refractivity contribution in [3.05, 3.63) is 11.6 Å². The van der Waals surface area contributed by atoms with Crippen molar-refractivity contribution >= 4 is 29.9 Å². The van der Waals surface area contributed by atoms with Crippen LogP contribution in [0, 0.1) is 0 Å². The molecular formula is C14H24F3IN6O. The Kier molecular flexibility index (Phi) is 7.90. The molecule has 2 unspecified atom stereocenters. The summed E-state index contributed by atoms with van der Waals surface area (Å²) in [5.41, 5.74) is 0. The van der Waals surface area contributed by atoms with Crippen LogP contribution in [0.4, 0.5) is 13.2 Å². The molecule has 1 aliphatic heterocycles. The maximum absolute atomic E-state index is 12.3. The molecule has 0 aromatic carbocycles. The van der Waals surface area contributed by atoms with Crippen LogP contribution < -0.4 is 10.6 Å². The van der Waals surface area contributed by atoms with Crippen LogP contribution in [-0.4, -0.2) is 57.7 Å². The zero-order chi connectivity index (χ0) is 17.9. The van der Waals surface area contributed by atoms with Crippen LogP contribution in [0.1, 0.15) is 37.8 Å². The first-order valence-electron chi connectivity index (χ1n) is 7.86. The lowest BCUT2D eigenvalue weighted by Crippen LogP contribution is -2.50. The Morgan fingerprint density at radius 3 is 2.64 bits per heavy atom. The molecule has 7 nitrogen and oxygen atoms in total. The Hall–Kier alpha value is -1.11. The van der Waals surface area contributed by atoms with Gasteiger partial charge in [0.05, 0.1) is 6.54 Å². The Balaban J connectivity index is 0.00000312. The van der Waals surface area contributed by atoms with Crippen molar-refractivity contribution in [2.24, 2.45) is 4.99 Å². The highest BCUT2D eigenvalue weighted by molar-refractivity contribution is 14.0. The molecule has 0 saturated heterocycles. The molecule has 0 bridgehead atoms. The second-order valence-corrected chi connectivity index (χ2v) is 6.13. The number of aryl methyl sites for hydroxylation is 1. The molecular weight excluding hydrogens is 452 g/mol. The fourth-order valence-electron chi connectivity index (χ4n) is 2.59. The molecule has 11 heteroatoms. The van der Waals surface area contributed by atoms with Crippen molar-refractivity contribution in [3.63, 3.8) is 0 Å². The molecule has 0 saturated carbocycles. The van der Waals surface area contributed by atoms with Crippen LogP contribution in [0.2, 0.25) is 0 Å². The molecule has 0 aliphatic carbocycles. The minimum Gasteiger partial charge on any atom is -0.382 e. The Labute approximate surface area is 161 Å². The van der Waals surface area contributed by atoms with Gasteiger partial charge >= 0.3 is 6.18 Å². The van der Waals surface area contributed by atoms with E-state index in [4.69, 9.17) is 5.11 Å². The number of rotatable bonds is 4. The van der Waals surface area contributed by atoms with Crippen LogP contribution >= 0.6 is 24.0 Å².